The molecule has 0 fully saturated rings. The van der Waals surface area contributed by atoms with E-state index in [9.17, 15) is 14.4 Å². The number of nitrogens with one attached hydrogen (secondary N) is 1. The van der Waals surface area contributed by atoms with Gasteiger partial charge in [-0.3, -0.25) is 14.6 Å². The third-order valence-corrected chi connectivity index (χ3v) is 4.21. The van der Waals surface area contributed by atoms with Gasteiger partial charge in [0.15, 0.2) is 0 Å². The number of rotatable bonds is 11. The number of Topliss-reactive ketones (excluding diaryl/α,β-unsaturated/α-hetero) is 1. The Morgan fingerprint density at radius 2 is 1.97 bits per heavy atom. The number of ketones is 1. The van der Waals surface area contributed by atoms with Crippen molar-refractivity contribution in [1.29, 1.82) is 0 Å². The predicted octanol–water partition coefficient (Wildman–Crippen LogP) is 2.39. The van der Waals surface area contributed by atoms with E-state index in [2.05, 4.69) is 10.3 Å². The summed E-state index contributed by atoms with van der Waals surface area (Å²) in [6.45, 7) is 5.84. The van der Waals surface area contributed by atoms with Gasteiger partial charge >= 0.3 is 12.1 Å². The fourth-order valence-corrected chi connectivity index (χ4v) is 2.76. The summed E-state index contributed by atoms with van der Waals surface area (Å²) < 4.78 is 9.98. The predicted molar refractivity (Wildman–Crippen MR) is 109 cm³/mol. The van der Waals surface area contributed by atoms with Gasteiger partial charge in [0.25, 0.3) is 0 Å². The van der Waals surface area contributed by atoms with E-state index in [1.807, 2.05) is 6.07 Å². The normalized spacial score (nSPS) is 13.3. The number of carbonyl (C=O) groups is 3. The third kappa shape index (κ3) is 10.6. The molecule has 1 rings (SSSR count). The lowest BCUT2D eigenvalue weighted by Gasteiger charge is -2.19. The molecule has 0 aliphatic rings. The number of nitrogens with two attached hydrogens (primary N) is 1. The molecule has 1 aromatic heterocycles. The van der Waals surface area contributed by atoms with Gasteiger partial charge in [0.2, 0.25) is 0 Å². The maximum atomic E-state index is 12.5. The third-order valence-electron chi connectivity index (χ3n) is 4.21. The highest BCUT2D eigenvalue weighted by molar-refractivity contribution is 5.88. The van der Waals surface area contributed by atoms with Crippen LogP contribution in [0.1, 0.15) is 52.0 Å². The molecule has 3 N–H and O–H groups in total. The molecule has 1 heterocycles. The summed E-state index contributed by atoms with van der Waals surface area (Å²) in [6.07, 6.45) is 5.08. The molecule has 8 heteroatoms. The number of carbonyl (C=O) groups excluding carboxylic acids is 3. The number of pyridine rings is 1. The van der Waals surface area contributed by atoms with Crippen molar-refractivity contribution in [2.75, 3.05) is 13.7 Å². The van der Waals surface area contributed by atoms with Gasteiger partial charge in [-0.05, 0) is 58.1 Å². The second kappa shape index (κ2) is 12.2. The summed E-state index contributed by atoms with van der Waals surface area (Å²) in [5.74, 6) is -1.20. The Kier molecular flexibility index (Phi) is 10.3. The molecule has 0 aromatic carbocycles. The number of esters is 1. The van der Waals surface area contributed by atoms with E-state index in [4.69, 9.17) is 15.2 Å². The standard InChI is InChI=1S/C21H33N3O5/c1-21(2,3)29-20(27)24-11-6-5-9-17(22)18(25)13-16(19(26)28-4)12-15-8-7-10-23-14-15/h7-8,10,14,16-17H,5-6,9,11-13,22H2,1-4H3,(H,24,27)/t16-,17-/m0/s1. The lowest BCUT2D eigenvalue weighted by molar-refractivity contribution is -0.147. The van der Waals surface area contributed by atoms with Crippen molar-refractivity contribution in [3.05, 3.63) is 30.1 Å². The molecule has 0 bridgehead atoms. The average molecular weight is 408 g/mol. The van der Waals surface area contributed by atoms with Crippen molar-refractivity contribution in [2.45, 2.75) is 64.5 Å². The van der Waals surface area contributed by atoms with Gasteiger partial charge in [-0.1, -0.05) is 6.07 Å². The van der Waals surface area contributed by atoms with Crippen LogP contribution in [0.25, 0.3) is 0 Å². The Labute approximate surface area is 172 Å². The molecule has 8 nitrogen and oxygen atoms in total. The van der Waals surface area contributed by atoms with Gasteiger partial charge in [-0.15, -0.1) is 0 Å². The first kappa shape index (κ1) is 24.6. The summed E-state index contributed by atoms with van der Waals surface area (Å²) in [5, 5.41) is 2.67. The van der Waals surface area contributed by atoms with Crippen LogP contribution in [0.15, 0.2) is 24.5 Å². The fraction of sp³-hybridized carbons (Fsp3) is 0.619. The largest absolute Gasteiger partial charge is 0.469 e. The number of methoxy groups -OCH3 is 1. The summed E-state index contributed by atoms with van der Waals surface area (Å²) in [5.41, 5.74) is 6.32. The van der Waals surface area contributed by atoms with Crippen LogP contribution in [-0.2, 0) is 25.5 Å². The van der Waals surface area contributed by atoms with Gasteiger partial charge in [-0.2, -0.15) is 0 Å². The summed E-state index contributed by atoms with van der Waals surface area (Å²) in [7, 11) is 1.31. The molecule has 29 heavy (non-hydrogen) atoms. The van der Waals surface area contributed by atoms with Crippen molar-refractivity contribution in [3.8, 4) is 0 Å². The zero-order valence-electron chi connectivity index (χ0n) is 17.8. The van der Waals surface area contributed by atoms with Crippen molar-refractivity contribution in [1.82, 2.24) is 10.3 Å². The van der Waals surface area contributed by atoms with Crippen LogP contribution >= 0.6 is 0 Å². The first-order valence-electron chi connectivity index (χ1n) is 9.84. The second-order valence-electron chi connectivity index (χ2n) is 7.99. The Balaban J connectivity index is 2.38. The summed E-state index contributed by atoms with van der Waals surface area (Å²) in [6, 6.07) is 2.98. The highest BCUT2D eigenvalue weighted by atomic mass is 16.6. The molecular weight excluding hydrogens is 374 g/mol. The Morgan fingerprint density at radius 1 is 1.24 bits per heavy atom. The minimum atomic E-state index is -0.655. The number of nitrogens with zero attached hydrogens (tertiary/aromatic N) is 1. The Morgan fingerprint density at radius 3 is 2.55 bits per heavy atom. The maximum Gasteiger partial charge on any atom is 0.407 e. The van der Waals surface area contributed by atoms with E-state index in [1.165, 1.54) is 7.11 Å². The monoisotopic (exact) mass is 407 g/mol. The SMILES string of the molecule is COC(=O)[C@H](CC(=O)[C@@H](N)CCCCNC(=O)OC(C)(C)C)Cc1cccnc1. The minimum Gasteiger partial charge on any atom is -0.469 e. The van der Waals surface area contributed by atoms with E-state index in [0.29, 0.717) is 32.2 Å². The molecular formula is C21H33N3O5. The molecule has 1 aromatic rings. The Bertz CT molecular complexity index is 658. The minimum absolute atomic E-state index is 0.0267. The van der Waals surface area contributed by atoms with Gasteiger partial charge in [0, 0.05) is 25.4 Å². The van der Waals surface area contributed by atoms with Gasteiger partial charge in [-0.25, -0.2) is 4.79 Å². The topological polar surface area (TPSA) is 121 Å². The molecule has 1 amide bonds. The summed E-state index contributed by atoms with van der Waals surface area (Å²) >= 11 is 0. The van der Waals surface area contributed by atoms with Crippen LogP contribution < -0.4 is 11.1 Å². The number of hydrogen-bond donors (Lipinski definition) is 2. The van der Waals surface area contributed by atoms with Crippen molar-refractivity contribution in [2.24, 2.45) is 11.7 Å². The molecule has 0 aliphatic heterocycles. The average Bonchev–Trinajstić information content (AvgIpc) is 2.65. The van der Waals surface area contributed by atoms with E-state index < -0.39 is 29.6 Å². The maximum absolute atomic E-state index is 12.5. The van der Waals surface area contributed by atoms with Gasteiger partial charge in [0.1, 0.15) is 11.4 Å². The number of alkyl carbamates (subject to hydrolysis) is 1. The molecule has 0 aliphatic carbocycles. The van der Waals surface area contributed by atoms with Crippen LogP contribution in [0.3, 0.4) is 0 Å². The van der Waals surface area contributed by atoms with Crippen molar-refractivity contribution in [3.63, 3.8) is 0 Å². The highest BCUT2D eigenvalue weighted by Gasteiger charge is 2.26. The van der Waals surface area contributed by atoms with Crippen LogP contribution in [0.4, 0.5) is 4.79 Å². The molecule has 0 saturated carbocycles. The zero-order chi connectivity index (χ0) is 21.9. The fourth-order valence-electron chi connectivity index (χ4n) is 2.76. The molecule has 162 valence electrons. The molecule has 0 saturated heterocycles. The van der Waals surface area contributed by atoms with Crippen LogP contribution in [-0.4, -0.2) is 48.1 Å². The molecule has 0 spiro atoms. The zero-order valence-corrected chi connectivity index (χ0v) is 17.8. The van der Waals surface area contributed by atoms with Gasteiger partial charge in [0.05, 0.1) is 19.1 Å². The first-order valence-corrected chi connectivity index (χ1v) is 9.84. The number of ether oxygens (including phenoxy) is 2. The lowest BCUT2D eigenvalue weighted by Crippen LogP contribution is -2.35. The van der Waals surface area contributed by atoms with Crippen LogP contribution in [0.5, 0.6) is 0 Å². The van der Waals surface area contributed by atoms with E-state index in [0.717, 1.165) is 5.56 Å². The van der Waals surface area contributed by atoms with E-state index >= 15 is 0 Å². The van der Waals surface area contributed by atoms with E-state index in [-0.39, 0.29) is 12.2 Å². The smallest absolute Gasteiger partial charge is 0.407 e. The van der Waals surface area contributed by atoms with Crippen molar-refractivity contribution >= 4 is 17.8 Å². The van der Waals surface area contributed by atoms with Gasteiger partial charge < -0.3 is 20.5 Å². The number of aromatic nitrogens is 1. The van der Waals surface area contributed by atoms with Crippen LogP contribution in [0, 0.1) is 5.92 Å². The number of unbranched alkanes of at least 4 members (excludes halogenated alkanes) is 1. The lowest BCUT2D eigenvalue weighted by atomic mass is 9.91. The molecule has 0 unspecified atom stereocenters. The molecule has 2 atom stereocenters. The quantitative estimate of drug-likeness (QED) is 0.427. The number of amides is 1. The second-order valence-corrected chi connectivity index (χ2v) is 7.99. The van der Waals surface area contributed by atoms with Crippen LogP contribution in [0.2, 0.25) is 0 Å². The number of hydrogen-bond acceptors (Lipinski definition) is 7. The molecule has 0 radical (unpaired) electrons. The highest BCUT2D eigenvalue weighted by Crippen LogP contribution is 2.16. The van der Waals surface area contributed by atoms with Crippen molar-refractivity contribution < 1.29 is 23.9 Å². The van der Waals surface area contributed by atoms with E-state index in [1.54, 1.807) is 39.2 Å². The summed E-state index contributed by atoms with van der Waals surface area (Å²) in [4.78, 5) is 40.1. The Hall–Kier alpha value is -2.48. The first-order chi connectivity index (χ1) is 13.6.